The van der Waals surface area contributed by atoms with Gasteiger partial charge in [0.05, 0.1) is 30.7 Å². The Morgan fingerprint density at radius 1 is 1.18 bits per heavy atom. The van der Waals surface area contributed by atoms with Gasteiger partial charge in [-0.05, 0) is 31.4 Å². The minimum Gasteiger partial charge on any atom is -0.361 e. The highest BCUT2D eigenvalue weighted by atomic mass is 15.5. The van der Waals surface area contributed by atoms with Gasteiger partial charge in [-0.1, -0.05) is 23.4 Å². The van der Waals surface area contributed by atoms with Gasteiger partial charge in [0.2, 0.25) is 0 Å². The van der Waals surface area contributed by atoms with Gasteiger partial charge < -0.3 is 5.32 Å². The standard InChI is InChI=1S/C15H17N7/c1-2-5-14(6-3-1)22-17-10-15(19-22)16-9-12-11-21(20-18-12)13-7-4-8-13/h1-3,5-6,10-11,13H,4,7-9H2,(H,16,19). The number of hydrogen-bond donors (Lipinski definition) is 1. The Hall–Kier alpha value is -2.70. The van der Waals surface area contributed by atoms with Crippen LogP contribution in [0.2, 0.25) is 0 Å². The molecule has 1 aliphatic rings. The van der Waals surface area contributed by atoms with Crippen LogP contribution >= 0.6 is 0 Å². The average molecular weight is 295 g/mol. The van der Waals surface area contributed by atoms with E-state index in [4.69, 9.17) is 0 Å². The summed E-state index contributed by atoms with van der Waals surface area (Å²) in [7, 11) is 0. The van der Waals surface area contributed by atoms with Crippen LogP contribution in [0.1, 0.15) is 31.0 Å². The van der Waals surface area contributed by atoms with Crippen molar-refractivity contribution in [3.8, 4) is 5.69 Å². The Morgan fingerprint density at radius 3 is 2.82 bits per heavy atom. The minimum absolute atomic E-state index is 0.542. The lowest BCUT2D eigenvalue weighted by atomic mass is 9.93. The molecule has 22 heavy (non-hydrogen) atoms. The third kappa shape index (κ3) is 2.57. The average Bonchev–Trinajstić information content (AvgIpc) is 3.14. The first kappa shape index (κ1) is 13.0. The lowest BCUT2D eigenvalue weighted by molar-refractivity contribution is 0.284. The molecule has 0 atom stereocenters. The van der Waals surface area contributed by atoms with E-state index < -0.39 is 0 Å². The van der Waals surface area contributed by atoms with E-state index in [0.717, 1.165) is 17.2 Å². The van der Waals surface area contributed by atoms with Gasteiger partial charge in [0.25, 0.3) is 0 Å². The fraction of sp³-hybridized carbons (Fsp3) is 0.333. The molecule has 0 bridgehead atoms. The summed E-state index contributed by atoms with van der Waals surface area (Å²) in [6.07, 6.45) is 7.44. The van der Waals surface area contributed by atoms with Crippen LogP contribution in [-0.4, -0.2) is 30.0 Å². The van der Waals surface area contributed by atoms with Crippen LogP contribution < -0.4 is 5.32 Å². The SMILES string of the molecule is c1ccc(-n2ncc(NCc3cn(C4CCC4)nn3)n2)cc1. The van der Waals surface area contributed by atoms with Crippen LogP contribution in [0.5, 0.6) is 0 Å². The fourth-order valence-electron chi connectivity index (χ4n) is 2.43. The topological polar surface area (TPSA) is 73.5 Å². The van der Waals surface area contributed by atoms with E-state index in [1.54, 1.807) is 11.0 Å². The van der Waals surface area contributed by atoms with Crippen LogP contribution in [0.15, 0.2) is 42.7 Å². The molecule has 7 nitrogen and oxygen atoms in total. The van der Waals surface area contributed by atoms with E-state index in [9.17, 15) is 0 Å². The van der Waals surface area contributed by atoms with E-state index in [-0.39, 0.29) is 0 Å². The second-order valence-corrected chi connectivity index (χ2v) is 5.48. The predicted octanol–water partition coefficient (Wildman–Crippen LogP) is 2.20. The highest BCUT2D eigenvalue weighted by Gasteiger charge is 2.20. The predicted molar refractivity (Wildman–Crippen MR) is 81.6 cm³/mol. The monoisotopic (exact) mass is 295 g/mol. The zero-order valence-electron chi connectivity index (χ0n) is 12.1. The molecule has 0 unspecified atom stereocenters. The Labute approximate surface area is 128 Å². The van der Waals surface area contributed by atoms with E-state index in [1.807, 2.05) is 41.2 Å². The molecule has 0 spiro atoms. The lowest BCUT2D eigenvalue weighted by Gasteiger charge is -2.24. The van der Waals surface area contributed by atoms with Crippen molar-refractivity contribution in [3.63, 3.8) is 0 Å². The summed E-state index contributed by atoms with van der Waals surface area (Å²) in [5.74, 6) is 0.724. The van der Waals surface area contributed by atoms with Crippen LogP contribution in [0.4, 0.5) is 5.82 Å². The van der Waals surface area contributed by atoms with Crippen molar-refractivity contribution >= 4 is 5.82 Å². The van der Waals surface area contributed by atoms with Gasteiger partial charge >= 0.3 is 0 Å². The number of rotatable bonds is 5. The third-order valence-corrected chi connectivity index (χ3v) is 3.94. The van der Waals surface area contributed by atoms with Crippen molar-refractivity contribution in [2.24, 2.45) is 0 Å². The Morgan fingerprint density at radius 2 is 2.05 bits per heavy atom. The van der Waals surface area contributed by atoms with Crippen molar-refractivity contribution in [2.45, 2.75) is 31.8 Å². The molecule has 0 radical (unpaired) electrons. The van der Waals surface area contributed by atoms with E-state index in [1.165, 1.54) is 19.3 Å². The number of nitrogens with zero attached hydrogens (tertiary/aromatic N) is 6. The van der Waals surface area contributed by atoms with E-state index >= 15 is 0 Å². The molecule has 2 heterocycles. The van der Waals surface area contributed by atoms with E-state index in [0.29, 0.717) is 12.6 Å². The van der Waals surface area contributed by atoms with Crippen molar-refractivity contribution in [1.82, 2.24) is 30.0 Å². The Kier molecular flexibility index (Phi) is 3.30. The van der Waals surface area contributed by atoms with Gasteiger partial charge in [0.1, 0.15) is 5.69 Å². The first-order valence-corrected chi connectivity index (χ1v) is 7.51. The van der Waals surface area contributed by atoms with Crippen LogP contribution in [0.25, 0.3) is 5.69 Å². The van der Waals surface area contributed by atoms with Crippen LogP contribution in [-0.2, 0) is 6.54 Å². The van der Waals surface area contributed by atoms with Gasteiger partial charge in [0.15, 0.2) is 5.82 Å². The molecule has 0 aliphatic heterocycles. The molecule has 3 aromatic rings. The van der Waals surface area contributed by atoms with Crippen molar-refractivity contribution < 1.29 is 0 Å². The maximum Gasteiger partial charge on any atom is 0.169 e. The second-order valence-electron chi connectivity index (χ2n) is 5.48. The molecular formula is C15H17N7. The molecule has 1 aliphatic carbocycles. The Bertz CT molecular complexity index is 742. The zero-order chi connectivity index (χ0) is 14.8. The third-order valence-electron chi connectivity index (χ3n) is 3.94. The molecule has 1 N–H and O–H groups in total. The van der Waals surface area contributed by atoms with Crippen LogP contribution in [0, 0.1) is 0 Å². The zero-order valence-corrected chi connectivity index (χ0v) is 12.1. The number of hydrogen-bond acceptors (Lipinski definition) is 5. The summed E-state index contributed by atoms with van der Waals surface area (Å²) in [5, 5.41) is 20.3. The summed E-state index contributed by atoms with van der Waals surface area (Å²) in [5.41, 5.74) is 1.85. The summed E-state index contributed by atoms with van der Waals surface area (Å²) in [6.45, 7) is 0.597. The molecule has 0 amide bonds. The highest BCUT2D eigenvalue weighted by molar-refractivity contribution is 5.34. The molecule has 2 aromatic heterocycles. The number of benzene rings is 1. The van der Waals surface area contributed by atoms with Gasteiger partial charge in [-0.15, -0.1) is 15.0 Å². The molecule has 1 fully saturated rings. The van der Waals surface area contributed by atoms with Crippen molar-refractivity contribution in [1.29, 1.82) is 0 Å². The van der Waals surface area contributed by atoms with Gasteiger partial charge in [0, 0.05) is 0 Å². The number of nitrogens with one attached hydrogen (secondary N) is 1. The smallest absolute Gasteiger partial charge is 0.169 e. The number of aromatic nitrogens is 6. The summed E-state index contributed by atoms with van der Waals surface area (Å²) >= 11 is 0. The van der Waals surface area contributed by atoms with Gasteiger partial charge in [-0.2, -0.15) is 5.10 Å². The lowest BCUT2D eigenvalue weighted by Crippen LogP contribution is -2.17. The maximum absolute atomic E-state index is 4.40. The van der Waals surface area contributed by atoms with E-state index in [2.05, 4.69) is 25.8 Å². The molecule has 7 heteroatoms. The number of anilines is 1. The van der Waals surface area contributed by atoms with Gasteiger partial charge in [-0.3, -0.25) is 0 Å². The molecule has 1 saturated carbocycles. The normalized spacial score (nSPS) is 14.7. The van der Waals surface area contributed by atoms with Crippen molar-refractivity contribution in [2.75, 3.05) is 5.32 Å². The highest BCUT2D eigenvalue weighted by Crippen LogP contribution is 2.30. The molecule has 1 aromatic carbocycles. The van der Waals surface area contributed by atoms with Crippen LogP contribution in [0.3, 0.4) is 0 Å². The first-order valence-electron chi connectivity index (χ1n) is 7.51. The first-order chi connectivity index (χ1) is 10.9. The fourth-order valence-corrected chi connectivity index (χ4v) is 2.43. The minimum atomic E-state index is 0.542. The summed E-state index contributed by atoms with van der Waals surface area (Å²) < 4.78 is 1.97. The second kappa shape index (κ2) is 5.59. The molecule has 112 valence electrons. The molecular weight excluding hydrogens is 278 g/mol. The van der Waals surface area contributed by atoms with Crippen molar-refractivity contribution in [3.05, 3.63) is 48.4 Å². The summed E-state index contributed by atoms with van der Waals surface area (Å²) in [6, 6.07) is 10.4. The number of para-hydroxylation sites is 1. The molecule has 4 rings (SSSR count). The summed E-state index contributed by atoms with van der Waals surface area (Å²) in [4.78, 5) is 1.60. The molecule has 0 saturated heterocycles. The van der Waals surface area contributed by atoms with Gasteiger partial charge in [-0.25, -0.2) is 4.68 Å². The largest absolute Gasteiger partial charge is 0.361 e. The maximum atomic E-state index is 4.40. The quantitative estimate of drug-likeness (QED) is 0.781. The Balaban J connectivity index is 1.39.